The van der Waals surface area contributed by atoms with Gasteiger partial charge in [-0.05, 0) is 49.4 Å². The Morgan fingerprint density at radius 2 is 2.00 bits per heavy atom. The molecule has 38 heavy (non-hydrogen) atoms. The van der Waals surface area contributed by atoms with Crippen LogP contribution in [-0.4, -0.2) is 60.3 Å². The van der Waals surface area contributed by atoms with Gasteiger partial charge in [0.15, 0.2) is 0 Å². The maximum absolute atomic E-state index is 15.2. The second kappa shape index (κ2) is 9.78. The third kappa shape index (κ3) is 4.69. The fraction of sp³-hybridized carbons (Fsp3) is 0.409. The van der Waals surface area contributed by atoms with E-state index in [1.807, 2.05) is 0 Å². The molecule has 0 aliphatic carbocycles. The monoisotopic (exact) mass is 576 g/mol. The van der Waals surface area contributed by atoms with Gasteiger partial charge in [-0.1, -0.05) is 11.6 Å². The van der Waals surface area contributed by atoms with E-state index in [-0.39, 0.29) is 33.8 Å². The lowest BCUT2D eigenvalue weighted by Crippen LogP contribution is -2.66. The lowest BCUT2D eigenvalue weighted by molar-refractivity contribution is -0.0500. The Hall–Kier alpha value is -3.30. The van der Waals surface area contributed by atoms with Crippen LogP contribution in [0.3, 0.4) is 0 Å². The summed E-state index contributed by atoms with van der Waals surface area (Å²) in [4.78, 5) is 36.8. The van der Waals surface area contributed by atoms with Crippen LogP contribution in [0.1, 0.15) is 43.4 Å². The maximum Gasteiger partial charge on any atom is 0.410 e. The number of halogens is 4. The third-order valence-electron chi connectivity index (χ3n) is 6.65. The molecule has 0 aromatic carbocycles. The minimum Gasteiger partial charge on any atom is -0.465 e. The molecule has 0 unspecified atom stereocenters. The first kappa shape index (κ1) is 27.7. The highest BCUT2D eigenvalue weighted by atomic mass is 35.5. The summed E-state index contributed by atoms with van der Waals surface area (Å²) in [6.07, 6.45) is -0.185. The van der Waals surface area contributed by atoms with Crippen molar-refractivity contribution in [2.24, 2.45) is 4.99 Å². The number of alkyl halides is 2. The summed E-state index contributed by atoms with van der Waals surface area (Å²) in [7, 11) is -3.40. The van der Waals surface area contributed by atoms with Gasteiger partial charge in [0.1, 0.15) is 40.1 Å². The van der Waals surface area contributed by atoms with Crippen molar-refractivity contribution in [3.8, 4) is 5.75 Å². The third-order valence-corrected chi connectivity index (χ3v) is 11.1. The number of amidine groups is 1. The van der Waals surface area contributed by atoms with Crippen molar-refractivity contribution < 1.29 is 36.8 Å². The maximum atomic E-state index is 15.2. The van der Waals surface area contributed by atoms with Gasteiger partial charge in [-0.25, -0.2) is 19.2 Å². The molecule has 4 heterocycles. The van der Waals surface area contributed by atoms with Crippen LogP contribution in [0.4, 0.5) is 23.8 Å². The molecule has 2 aromatic heterocycles. The molecule has 16 heteroatoms. The molecule has 2 atom stereocenters. The van der Waals surface area contributed by atoms with Crippen molar-refractivity contribution in [3.63, 3.8) is 0 Å². The molecule has 206 valence electrons. The number of anilines is 1. The molecule has 0 bridgehead atoms. The van der Waals surface area contributed by atoms with E-state index in [1.165, 1.54) is 13.0 Å². The van der Waals surface area contributed by atoms with Crippen LogP contribution < -0.4 is 20.1 Å². The van der Waals surface area contributed by atoms with Gasteiger partial charge in [0.05, 0.1) is 21.2 Å². The van der Waals surface area contributed by atoms with Gasteiger partial charge in [0.25, 0.3) is 5.91 Å². The Balaban J connectivity index is 1.73. The predicted octanol–water partition coefficient (Wildman–Crippen LogP) is 3.09. The van der Waals surface area contributed by atoms with Crippen LogP contribution >= 0.6 is 11.6 Å². The SMILES string of the molecule is CC1(C)C(NC(=O)O)=N[C@](C)(c2nc(NC(=O)c3ncc(OC(F)F)cc3Cl)ccc2F)[C@@H]2CCN[SH]21=O. The summed E-state index contributed by atoms with van der Waals surface area (Å²) in [6, 6.07) is 3.19. The van der Waals surface area contributed by atoms with Crippen molar-refractivity contribution in [1.29, 1.82) is 0 Å². The van der Waals surface area contributed by atoms with E-state index in [9.17, 15) is 27.7 Å². The number of thiol groups is 1. The first-order valence-corrected chi connectivity index (χ1v) is 13.4. The molecule has 1 fully saturated rings. The molecule has 0 spiro atoms. The standard InChI is InChI=1S/C22H24ClF3N6O5S/c1-21(2)18(31-20(34)35)32-22(3,13-6-7-28-38(13,21)36)16-12(24)4-5-14(29-16)30-17(33)15-11(23)8-10(9-27-15)37-19(25)26/h4-5,8-9,13,19,38H,6-7H2,1-3H3,(H,28,36)(H,31,32)(H,34,35)(H,29,30,33)/t13-,22-/m0/s1. The highest BCUT2D eigenvalue weighted by Gasteiger charge is 2.59. The molecular formula is C22H24ClF3N6O5S. The summed E-state index contributed by atoms with van der Waals surface area (Å²) in [5.41, 5.74) is -2.16. The number of rotatable bonds is 5. The van der Waals surface area contributed by atoms with Crippen molar-refractivity contribution in [3.05, 3.63) is 46.6 Å². The number of aromatic nitrogens is 2. The fourth-order valence-corrected chi connectivity index (χ4v) is 8.67. The molecule has 4 rings (SSSR count). The average molecular weight is 577 g/mol. The van der Waals surface area contributed by atoms with Crippen molar-refractivity contribution >= 4 is 45.4 Å². The molecule has 2 aromatic rings. The van der Waals surface area contributed by atoms with E-state index < -0.39 is 50.1 Å². The lowest BCUT2D eigenvalue weighted by atomic mass is 9.89. The van der Waals surface area contributed by atoms with E-state index in [0.717, 1.165) is 18.3 Å². The van der Waals surface area contributed by atoms with Gasteiger partial charge >= 0.3 is 12.7 Å². The molecule has 2 amide bonds. The largest absolute Gasteiger partial charge is 0.465 e. The first-order valence-electron chi connectivity index (χ1n) is 11.2. The van der Waals surface area contributed by atoms with Gasteiger partial charge in [0.2, 0.25) is 0 Å². The number of aliphatic imine (C=N–C) groups is 1. The van der Waals surface area contributed by atoms with E-state index in [4.69, 9.17) is 11.6 Å². The summed E-state index contributed by atoms with van der Waals surface area (Å²) in [5.74, 6) is -2.28. The molecule has 0 radical (unpaired) electrons. The van der Waals surface area contributed by atoms with E-state index in [2.05, 4.69) is 35.1 Å². The Morgan fingerprint density at radius 3 is 2.63 bits per heavy atom. The van der Waals surface area contributed by atoms with Gasteiger partial charge < -0.3 is 15.2 Å². The minimum atomic E-state index is -3.40. The second-order valence-electron chi connectivity index (χ2n) is 9.33. The number of hydrogen-bond donors (Lipinski definition) is 5. The van der Waals surface area contributed by atoms with Crippen molar-refractivity contribution in [1.82, 2.24) is 20.0 Å². The molecule has 2 aliphatic heterocycles. The average Bonchev–Trinajstić information content (AvgIpc) is 3.23. The second-order valence-corrected chi connectivity index (χ2v) is 13.1. The van der Waals surface area contributed by atoms with Crippen molar-refractivity contribution in [2.75, 3.05) is 11.9 Å². The van der Waals surface area contributed by atoms with E-state index in [0.29, 0.717) is 13.0 Å². The summed E-state index contributed by atoms with van der Waals surface area (Å²) >= 11 is 6.00. The number of carboxylic acid groups (broad SMARTS) is 1. The zero-order valence-electron chi connectivity index (χ0n) is 20.3. The van der Waals surface area contributed by atoms with Crippen LogP contribution in [0.2, 0.25) is 5.02 Å². The Morgan fingerprint density at radius 1 is 1.29 bits per heavy atom. The zero-order chi connectivity index (χ0) is 28.0. The number of ether oxygens (including phenoxy) is 1. The van der Waals surface area contributed by atoms with Crippen LogP contribution in [0.25, 0.3) is 0 Å². The predicted molar refractivity (Wildman–Crippen MR) is 134 cm³/mol. The Labute approximate surface area is 220 Å². The number of pyridine rings is 2. The number of nitrogens with zero attached hydrogens (tertiary/aromatic N) is 3. The molecule has 11 nitrogen and oxygen atoms in total. The number of carbonyl (C=O) groups excluding carboxylic acids is 1. The lowest BCUT2D eigenvalue weighted by Gasteiger charge is -2.50. The summed E-state index contributed by atoms with van der Waals surface area (Å²) in [5, 5.41) is 13.0. The van der Waals surface area contributed by atoms with Gasteiger partial charge in [-0.2, -0.15) is 8.78 Å². The van der Waals surface area contributed by atoms with Crippen molar-refractivity contribution in [2.45, 2.75) is 49.3 Å². The Bertz CT molecular complexity index is 1390. The molecule has 1 saturated heterocycles. The fourth-order valence-electron chi connectivity index (χ4n) is 4.77. The summed E-state index contributed by atoms with van der Waals surface area (Å²) < 4.78 is 60.3. The minimum absolute atomic E-state index is 0.112. The van der Waals surface area contributed by atoms with Crippen LogP contribution in [0.15, 0.2) is 29.4 Å². The molecule has 4 N–H and O–H groups in total. The smallest absolute Gasteiger partial charge is 0.410 e. The van der Waals surface area contributed by atoms with Gasteiger partial charge in [-0.15, -0.1) is 0 Å². The number of fused-ring (bicyclic) bond motifs is 1. The zero-order valence-corrected chi connectivity index (χ0v) is 21.9. The Kier molecular flexibility index (Phi) is 7.14. The van der Waals surface area contributed by atoms with E-state index in [1.54, 1.807) is 13.8 Å². The number of carbonyl (C=O) groups is 2. The number of nitrogens with one attached hydrogen (secondary N) is 3. The highest BCUT2D eigenvalue weighted by molar-refractivity contribution is 8.04. The molecule has 0 saturated carbocycles. The molecule has 2 aliphatic rings. The highest BCUT2D eigenvalue weighted by Crippen LogP contribution is 2.48. The van der Waals surface area contributed by atoms with Gasteiger partial charge in [0, 0.05) is 12.6 Å². The normalized spacial score (nSPS) is 24.2. The van der Waals surface area contributed by atoms with E-state index >= 15 is 4.39 Å². The van der Waals surface area contributed by atoms with Crippen LogP contribution in [0.5, 0.6) is 5.75 Å². The first-order chi connectivity index (χ1) is 17.7. The quantitative estimate of drug-likeness (QED) is 0.343. The van der Waals surface area contributed by atoms with Gasteiger partial charge in [-0.3, -0.25) is 24.0 Å². The summed E-state index contributed by atoms with van der Waals surface area (Å²) in [6.45, 7) is 1.93. The topological polar surface area (TPSA) is 155 Å². The van der Waals surface area contributed by atoms with Crippen LogP contribution in [-0.2, 0) is 15.7 Å². The van der Waals surface area contributed by atoms with Crippen LogP contribution in [0, 0.1) is 5.82 Å². The number of hydrogen-bond acceptors (Lipinski definition) is 7. The number of amides is 2. The molecular weight excluding hydrogens is 553 g/mol.